The summed E-state index contributed by atoms with van der Waals surface area (Å²) in [5.41, 5.74) is 0. The summed E-state index contributed by atoms with van der Waals surface area (Å²) in [5, 5.41) is 6.26. The molecule has 2 aromatic rings. The van der Waals surface area contributed by atoms with Crippen molar-refractivity contribution in [2.45, 2.75) is 19.0 Å². The maximum atomic E-state index is 11.4. The molecule has 3 rings (SSSR count). The van der Waals surface area contributed by atoms with Crippen LogP contribution in [0.1, 0.15) is 12.2 Å². The van der Waals surface area contributed by atoms with E-state index in [1.54, 1.807) is 12.3 Å². The molecule has 1 saturated heterocycles. The summed E-state index contributed by atoms with van der Waals surface area (Å²) in [6.45, 7) is 0.529. The molecule has 1 atom stereocenters. The van der Waals surface area contributed by atoms with Gasteiger partial charge < -0.3 is 15.1 Å². The number of sulfone groups is 1. The van der Waals surface area contributed by atoms with Gasteiger partial charge in [0.2, 0.25) is 0 Å². The van der Waals surface area contributed by atoms with Crippen molar-refractivity contribution in [2.24, 2.45) is 0 Å². The van der Waals surface area contributed by atoms with E-state index in [4.69, 9.17) is 4.42 Å². The van der Waals surface area contributed by atoms with Crippen molar-refractivity contribution < 1.29 is 12.8 Å². The first-order valence-corrected chi connectivity index (χ1v) is 8.48. The van der Waals surface area contributed by atoms with Gasteiger partial charge in [0.15, 0.2) is 9.84 Å². The van der Waals surface area contributed by atoms with Crippen LogP contribution < -0.4 is 10.6 Å². The fraction of sp³-hybridized carbons (Fsp3) is 0.385. The Balaban J connectivity index is 1.60. The Labute approximate surface area is 122 Å². The number of rotatable bonds is 5. The molecule has 0 amide bonds. The molecule has 1 unspecified atom stereocenters. The molecule has 0 aliphatic carbocycles. The van der Waals surface area contributed by atoms with Gasteiger partial charge >= 0.3 is 0 Å². The molecule has 3 heterocycles. The fourth-order valence-electron chi connectivity index (χ4n) is 2.24. The van der Waals surface area contributed by atoms with Crippen molar-refractivity contribution in [3.05, 3.63) is 36.5 Å². The average molecular weight is 308 g/mol. The molecular weight excluding hydrogens is 292 g/mol. The highest BCUT2D eigenvalue weighted by atomic mass is 32.2. The van der Waals surface area contributed by atoms with E-state index in [-0.39, 0.29) is 17.5 Å². The lowest BCUT2D eigenvalue weighted by Gasteiger charge is -2.12. The number of anilines is 2. The molecule has 0 bridgehead atoms. The molecule has 1 aliphatic rings. The Morgan fingerprint density at radius 1 is 1.33 bits per heavy atom. The molecule has 21 heavy (non-hydrogen) atoms. The molecule has 0 saturated carbocycles. The number of furan rings is 1. The van der Waals surface area contributed by atoms with Gasteiger partial charge in [0.25, 0.3) is 0 Å². The quantitative estimate of drug-likeness (QED) is 0.858. The highest BCUT2D eigenvalue weighted by Gasteiger charge is 2.27. The van der Waals surface area contributed by atoms with E-state index in [1.165, 1.54) is 6.33 Å². The number of nitrogens with one attached hydrogen (secondary N) is 2. The Morgan fingerprint density at radius 3 is 2.90 bits per heavy atom. The van der Waals surface area contributed by atoms with Crippen LogP contribution in [0.25, 0.3) is 0 Å². The second-order valence-corrected chi connectivity index (χ2v) is 7.19. The first-order valence-electron chi connectivity index (χ1n) is 6.66. The van der Waals surface area contributed by atoms with E-state index < -0.39 is 9.84 Å². The van der Waals surface area contributed by atoms with E-state index in [2.05, 4.69) is 20.6 Å². The highest BCUT2D eigenvalue weighted by molar-refractivity contribution is 7.91. The zero-order valence-electron chi connectivity index (χ0n) is 11.3. The Morgan fingerprint density at radius 2 is 2.19 bits per heavy atom. The van der Waals surface area contributed by atoms with Crippen molar-refractivity contribution in [3.8, 4) is 0 Å². The largest absolute Gasteiger partial charge is 0.467 e. The number of hydrogen-bond donors (Lipinski definition) is 2. The van der Waals surface area contributed by atoms with E-state index >= 15 is 0 Å². The monoisotopic (exact) mass is 308 g/mol. The summed E-state index contributed by atoms with van der Waals surface area (Å²) in [4.78, 5) is 8.24. The summed E-state index contributed by atoms with van der Waals surface area (Å²) < 4.78 is 28.1. The van der Waals surface area contributed by atoms with Crippen molar-refractivity contribution in [1.82, 2.24) is 9.97 Å². The second kappa shape index (κ2) is 5.72. The van der Waals surface area contributed by atoms with Gasteiger partial charge in [-0.25, -0.2) is 18.4 Å². The Bertz CT molecular complexity index is 700. The predicted octanol–water partition coefficient (Wildman–Crippen LogP) is 1.28. The van der Waals surface area contributed by atoms with E-state index in [1.807, 2.05) is 12.1 Å². The maximum absolute atomic E-state index is 11.4. The van der Waals surface area contributed by atoms with Gasteiger partial charge in [-0.1, -0.05) is 0 Å². The van der Waals surface area contributed by atoms with E-state index in [9.17, 15) is 8.42 Å². The van der Waals surface area contributed by atoms with E-state index in [0.29, 0.717) is 24.6 Å². The highest BCUT2D eigenvalue weighted by Crippen LogP contribution is 2.17. The van der Waals surface area contributed by atoms with Crippen molar-refractivity contribution in [2.75, 3.05) is 22.1 Å². The number of nitrogens with zero attached hydrogens (tertiary/aromatic N) is 2. The molecule has 2 N–H and O–H groups in total. The molecule has 112 valence electrons. The van der Waals surface area contributed by atoms with Crippen LogP contribution in [0.2, 0.25) is 0 Å². The maximum Gasteiger partial charge on any atom is 0.152 e. The molecular formula is C13H16N4O3S. The molecule has 8 heteroatoms. The molecule has 0 radical (unpaired) electrons. The van der Waals surface area contributed by atoms with Crippen molar-refractivity contribution in [1.29, 1.82) is 0 Å². The van der Waals surface area contributed by atoms with Crippen LogP contribution in [0.4, 0.5) is 11.6 Å². The number of hydrogen-bond acceptors (Lipinski definition) is 7. The summed E-state index contributed by atoms with van der Waals surface area (Å²) in [7, 11) is -2.90. The minimum absolute atomic E-state index is 0.0807. The van der Waals surface area contributed by atoms with Gasteiger partial charge in [-0.2, -0.15) is 0 Å². The first-order chi connectivity index (χ1) is 10.1. The zero-order chi connectivity index (χ0) is 14.7. The molecule has 1 fully saturated rings. The summed E-state index contributed by atoms with van der Waals surface area (Å²) in [5.74, 6) is 2.48. The summed E-state index contributed by atoms with van der Waals surface area (Å²) in [6.07, 6.45) is 3.67. The Hall–Kier alpha value is -2.09. The lowest BCUT2D eigenvalue weighted by molar-refractivity contribution is 0.518. The van der Waals surface area contributed by atoms with Crippen LogP contribution in [0.3, 0.4) is 0 Å². The van der Waals surface area contributed by atoms with Crippen molar-refractivity contribution in [3.63, 3.8) is 0 Å². The third-order valence-corrected chi connectivity index (χ3v) is 5.04. The molecule has 1 aliphatic heterocycles. The van der Waals surface area contributed by atoms with Gasteiger partial charge in [0, 0.05) is 12.1 Å². The summed E-state index contributed by atoms with van der Waals surface area (Å²) in [6, 6.07) is 5.37. The van der Waals surface area contributed by atoms with Gasteiger partial charge in [0.1, 0.15) is 23.7 Å². The van der Waals surface area contributed by atoms with Crippen LogP contribution in [0.15, 0.2) is 35.2 Å². The molecule has 7 nitrogen and oxygen atoms in total. The van der Waals surface area contributed by atoms with Gasteiger partial charge in [-0.05, 0) is 18.6 Å². The lowest BCUT2D eigenvalue weighted by Crippen LogP contribution is -2.21. The molecule has 0 aromatic carbocycles. The SMILES string of the molecule is O=S1(=O)CCC(Nc2cc(NCc3ccco3)ncn2)C1. The first kappa shape index (κ1) is 13.9. The normalized spacial score (nSPS) is 20.3. The third-order valence-electron chi connectivity index (χ3n) is 3.28. The van der Waals surface area contributed by atoms with Crippen LogP contribution in [-0.4, -0.2) is 35.9 Å². The van der Waals surface area contributed by atoms with Gasteiger partial charge in [-0.3, -0.25) is 0 Å². The smallest absolute Gasteiger partial charge is 0.152 e. The molecule has 2 aromatic heterocycles. The van der Waals surface area contributed by atoms with Gasteiger partial charge in [-0.15, -0.1) is 0 Å². The van der Waals surface area contributed by atoms with Gasteiger partial charge in [0.05, 0.1) is 24.3 Å². The minimum atomic E-state index is -2.90. The topological polar surface area (TPSA) is 97.1 Å². The Kier molecular flexibility index (Phi) is 3.78. The van der Waals surface area contributed by atoms with Crippen LogP contribution >= 0.6 is 0 Å². The van der Waals surface area contributed by atoms with Crippen LogP contribution in [-0.2, 0) is 16.4 Å². The third kappa shape index (κ3) is 3.72. The second-order valence-electron chi connectivity index (χ2n) is 4.97. The van der Waals surface area contributed by atoms with Crippen LogP contribution in [0.5, 0.6) is 0 Å². The predicted molar refractivity (Wildman–Crippen MR) is 78.7 cm³/mol. The number of aromatic nitrogens is 2. The average Bonchev–Trinajstić information content (AvgIpc) is 3.07. The molecule has 0 spiro atoms. The standard InChI is InChI=1S/C13H16N4O3S/c18-21(19)5-3-10(8-21)17-13-6-12(15-9-16-13)14-7-11-2-1-4-20-11/h1-2,4,6,9-10H,3,5,7-8H2,(H2,14,15,16,17). The summed E-state index contributed by atoms with van der Waals surface area (Å²) >= 11 is 0. The van der Waals surface area contributed by atoms with E-state index in [0.717, 1.165) is 5.76 Å². The minimum Gasteiger partial charge on any atom is -0.467 e. The zero-order valence-corrected chi connectivity index (χ0v) is 12.1. The lowest BCUT2D eigenvalue weighted by atomic mass is 10.2. The van der Waals surface area contributed by atoms with Crippen LogP contribution in [0, 0.1) is 0 Å². The fourth-order valence-corrected chi connectivity index (χ4v) is 3.92. The van der Waals surface area contributed by atoms with Crippen molar-refractivity contribution >= 4 is 21.5 Å².